The molecular formula is C12H20O. The summed E-state index contributed by atoms with van der Waals surface area (Å²) >= 11 is 0. The first-order valence-corrected chi connectivity index (χ1v) is 5.56. The van der Waals surface area contributed by atoms with Crippen molar-refractivity contribution >= 4 is 0 Å². The minimum atomic E-state index is -0.0507. The van der Waals surface area contributed by atoms with Gasteiger partial charge >= 0.3 is 0 Å². The van der Waals surface area contributed by atoms with Gasteiger partial charge in [0.25, 0.3) is 0 Å². The largest absolute Gasteiger partial charge is 0.392 e. The van der Waals surface area contributed by atoms with Gasteiger partial charge in [0, 0.05) is 5.92 Å². The number of allylic oxidation sites excluding steroid dienone is 1. The van der Waals surface area contributed by atoms with Gasteiger partial charge in [-0.15, -0.1) is 0 Å². The van der Waals surface area contributed by atoms with E-state index >= 15 is 0 Å². The molecule has 2 aliphatic carbocycles. The minimum absolute atomic E-state index is 0.0507. The fourth-order valence-electron chi connectivity index (χ4n) is 3.12. The fourth-order valence-corrected chi connectivity index (χ4v) is 3.12. The van der Waals surface area contributed by atoms with Crippen LogP contribution < -0.4 is 0 Å². The van der Waals surface area contributed by atoms with Gasteiger partial charge in [0.05, 0.1) is 6.10 Å². The lowest BCUT2D eigenvalue weighted by atomic mass is 9.68. The van der Waals surface area contributed by atoms with E-state index in [0.717, 1.165) is 18.8 Å². The van der Waals surface area contributed by atoms with Crippen molar-refractivity contribution < 1.29 is 5.11 Å². The Bertz CT molecular complexity index is 219. The number of hydrogen-bond donors (Lipinski definition) is 1. The maximum atomic E-state index is 9.90. The molecule has 4 atom stereocenters. The number of rotatable bonds is 0. The smallest absolute Gasteiger partial charge is 0.0608 e. The van der Waals surface area contributed by atoms with Crippen molar-refractivity contribution in [2.75, 3.05) is 0 Å². The second-order valence-electron chi connectivity index (χ2n) is 4.93. The zero-order valence-electron chi connectivity index (χ0n) is 8.66. The quantitative estimate of drug-likeness (QED) is 0.568. The molecular weight excluding hydrogens is 160 g/mol. The van der Waals surface area contributed by atoms with Crippen LogP contribution in [0.15, 0.2) is 11.6 Å². The maximum absolute atomic E-state index is 9.90. The fraction of sp³-hybridized carbons (Fsp3) is 0.833. The molecule has 0 heterocycles. The zero-order valence-corrected chi connectivity index (χ0v) is 8.66. The Labute approximate surface area is 80.8 Å². The van der Waals surface area contributed by atoms with Crippen molar-refractivity contribution in [2.45, 2.75) is 45.6 Å². The van der Waals surface area contributed by atoms with Gasteiger partial charge in [-0.05, 0) is 37.5 Å². The van der Waals surface area contributed by atoms with Gasteiger partial charge in [-0.25, -0.2) is 0 Å². The summed E-state index contributed by atoms with van der Waals surface area (Å²) in [5.41, 5.74) is 1.55. The van der Waals surface area contributed by atoms with E-state index in [1.165, 1.54) is 12.8 Å². The van der Waals surface area contributed by atoms with Crippen LogP contribution in [0.25, 0.3) is 0 Å². The van der Waals surface area contributed by atoms with Crippen LogP contribution in [0.5, 0.6) is 0 Å². The van der Waals surface area contributed by atoms with Crippen LogP contribution in [0.1, 0.15) is 39.5 Å². The molecule has 2 rings (SSSR count). The zero-order chi connectivity index (χ0) is 9.42. The van der Waals surface area contributed by atoms with Crippen molar-refractivity contribution in [1.29, 1.82) is 0 Å². The molecule has 13 heavy (non-hydrogen) atoms. The summed E-state index contributed by atoms with van der Waals surface area (Å²) in [6.45, 7) is 4.63. The lowest BCUT2D eigenvalue weighted by molar-refractivity contribution is 0.0768. The number of aliphatic hydroxyl groups is 1. The Balaban J connectivity index is 2.19. The number of hydrogen-bond acceptors (Lipinski definition) is 1. The lowest BCUT2D eigenvalue weighted by Crippen LogP contribution is -2.33. The van der Waals surface area contributed by atoms with E-state index in [-0.39, 0.29) is 6.10 Å². The molecule has 1 heteroatoms. The lowest BCUT2D eigenvalue weighted by Gasteiger charge is -2.39. The monoisotopic (exact) mass is 180 g/mol. The molecule has 1 N–H and O–H groups in total. The van der Waals surface area contributed by atoms with Crippen LogP contribution in [0.4, 0.5) is 0 Å². The van der Waals surface area contributed by atoms with Gasteiger partial charge in [-0.3, -0.25) is 0 Å². The Morgan fingerprint density at radius 3 is 2.85 bits per heavy atom. The van der Waals surface area contributed by atoms with E-state index in [0.29, 0.717) is 11.8 Å². The number of aliphatic hydroxyl groups excluding tert-OH is 1. The third-order valence-electron chi connectivity index (χ3n) is 3.72. The summed E-state index contributed by atoms with van der Waals surface area (Å²) in [5.74, 6) is 2.00. The summed E-state index contributed by atoms with van der Waals surface area (Å²) in [6.07, 6.45) is 6.92. The minimum Gasteiger partial charge on any atom is -0.392 e. The Kier molecular flexibility index (Phi) is 2.46. The average Bonchev–Trinajstić information content (AvgIpc) is 2.07. The topological polar surface area (TPSA) is 20.2 Å². The summed E-state index contributed by atoms with van der Waals surface area (Å²) in [6, 6.07) is 0. The molecule has 0 radical (unpaired) electrons. The predicted molar refractivity (Wildman–Crippen MR) is 54.4 cm³/mol. The van der Waals surface area contributed by atoms with Crippen molar-refractivity contribution in [3.8, 4) is 0 Å². The first-order valence-electron chi connectivity index (χ1n) is 5.56. The van der Waals surface area contributed by atoms with Gasteiger partial charge < -0.3 is 5.11 Å². The average molecular weight is 180 g/mol. The van der Waals surface area contributed by atoms with Gasteiger partial charge in [-0.1, -0.05) is 25.5 Å². The second kappa shape index (κ2) is 3.45. The highest BCUT2D eigenvalue weighted by atomic mass is 16.3. The van der Waals surface area contributed by atoms with E-state index in [1.54, 1.807) is 5.57 Å². The van der Waals surface area contributed by atoms with Crippen molar-refractivity contribution in [1.82, 2.24) is 0 Å². The van der Waals surface area contributed by atoms with Gasteiger partial charge in [-0.2, -0.15) is 0 Å². The third kappa shape index (κ3) is 1.67. The molecule has 2 aliphatic rings. The normalized spacial score (nSPS) is 45.3. The second-order valence-corrected chi connectivity index (χ2v) is 4.93. The molecule has 74 valence electrons. The van der Waals surface area contributed by atoms with E-state index in [9.17, 15) is 5.11 Å². The highest BCUT2D eigenvalue weighted by molar-refractivity contribution is 5.17. The SMILES string of the molecule is CC1CC(C)C2=CCC[C@H](O)C2C1. The molecule has 1 saturated carbocycles. The predicted octanol–water partition coefficient (Wildman–Crippen LogP) is 2.75. The van der Waals surface area contributed by atoms with E-state index in [4.69, 9.17) is 0 Å². The van der Waals surface area contributed by atoms with Gasteiger partial charge in [0.15, 0.2) is 0 Å². The van der Waals surface area contributed by atoms with Crippen LogP contribution in [0, 0.1) is 17.8 Å². The van der Waals surface area contributed by atoms with Crippen LogP contribution in [0.2, 0.25) is 0 Å². The molecule has 0 bridgehead atoms. The summed E-state index contributed by atoms with van der Waals surface area (Å²) in [7, 11) is 0. The summed E-state index contributed by atoms with van der Waals surface area (Å²) in [5, 5.41) is 9.90. The maximum Gasteiger partial charge on any atom is 0.0608 e. The van der Waals surface area contributed by atoms with Crippen LogP contribution in [0.3, 0.4) is 0 Å². The molecule has 3 unspecified atom stereocenters. The first-order chi connectivity index (χ1) is 6.18. The van der Waals surface area contributed by atoms with E-state index in [2.05, 4.69) is 19.9 Å². The van der Waals surface area contributed by atoms with Crippen LogP contribution >= 0.6 is 0 Å². The highest BCUT2D eigenvalue weighted by Gasteiger charge is 2.34. The molecule has 0 amide bonds. The first kappa shape index (κ1) is 9.26. The van der Waals surface area contributed by atoms with Crippen molar-refractivity contribution in [2.24, 2.45) is 17.8 Å². The molecule has 0 aliphatic heterocycles. The third-order valence-corrected chi connectivity index (χ3v) is 3.72. The van der Waals surface area contributed by atoms with Gasteiger partial charge in [0.2, 0.25) is 0 Å². The van der Waals surface area contributed by atoms with Gasteiger partial charge in [0.1, 0.15) is 0 Å². The molecule has 0 aromatic rings. The Hall–Kier alpha value is -0.300. The Morgan fingerprint density at radius 2 is 2.08 bits per heavy atom. The van der Waals surface area contributed by atoms with Crippen molar-refractivity contribution in [3.05, 3.63) is 11.6 Å². The van der Waals surface area contributed by atoms with Crippen LogP contribution in [-0.4, -0.2) is 11.2 Å². The summed E-state index contributed by atoms with van der Waals surface area (Å²) < 4.78 is 0. The standard InChI is InChI=1S/C12H20O/c1-8-6-9(2)10-4-3-5-12(13)11(10)7-8/h4,8-9,11-13H,3,5-7H2,1-2H3/t8?,9?,11?,12-/m0/s1. The van der Waals surface area contributed by atoms with Crippen molar-refractivity contribution in [3.63, 3.8) is 0 Å². The Morgan fingerprint density at radius 1 is 1.31 bits per heavy atom. The molecule has 0 spiro atoms. The van der Waals surface area contributed by atoms with E-state index < -0.39 is 0 Å². The molecule has 0 aromatic heterocycles. The molecule has 1 nitrogen and oxygen atoms in total. The molecule has 0 saturated heterocycles. The van der Waals surface area contributed by atoms with E-state index in [1.807, 2.05) is 0 Å². The number of fused-ring (bicyclic) bond motifs is 1. The summed E-state index contributed by atoms with van der Waals surface area (Å²) in [4.78, 5) is 0. The molecule has 0 aromatic carbocycles. The molecule has 1 fully saturated rings. The van der Waals surface area contributed by atoms with Crippen LogP contribution in [-0.2, 0) is 0 Å². The highest BCUT2D eigenvalue weighted by Crippen LogP contribution is 2.42.